The van der Waals surface area contributed by atoms with Gasteiger partial charge in [-0.05, 0) is 24.3 Å². The molecule has 5 nitrogen and oxygen atoms in total. The Balaban J connectivity index is 2.32. The third-order valence-corrected chi connectivity index (χ3v) is 3.26. The van der Waals surface area contributed by atoms with Gasteiger partial charge >= 0.3 is 0 Å². The predicted octanol–water partition coefficient (Wildman–Crippen LogP) is 2.90. The Morgan fingerprint density at radius 3 is 1.95 bits per heavy atom. The smallest absolute Gasteiger partial charge is 0.151 e. The zero-order valence-corrected chi connectivity index (χ0v) is 11.8. The molecule has 0 fully saturated rings. The molecule has 21 heavy (non-hydrogen) atoms. The van der Waals surface area contributed by atoms with Gasteiger partial charge in [-0.2, -0.15) is 0 Å². The number of ether oxygens (including phenoxy) is 2. The maximum absolute atomic E-state index is 6.08. The average molecular weight is 281 g/mol. The Morgan fingerprint density at radius 2 is 1.38 bits per heavy atom. The van der Waals surface area contributed by atoms with Crippen LogP contribution in [-0.2, 0) is 0 Å². The minimum absolute atomic E-state index is 0.344. The molecule has 2 aromatic carbocycles. The van der Waals surface area contributed by atoms with Crippen LogP contribution in [0.3, 0.4) is 0 Å². The zero-order chi connectivity index (χ0) is 14.8. The van der Waals surface area contributed by atoms with Crippen molar-refractivity contribution in [2.24, 2.45) is 0 Å². The maximum atomic E-state index is 6.08. The summed E-state index contributed by atoms with van der Waals surface area (Å²) >= 11 is 0. The lowest BCUT2D eigenvalue weighted by Gasteiger charge is -2.14. The number of rotatable bonds is 3. The Labute approximate surface area is 122 Å². The van der Waals surface area contributed by atoms with Crippen molar-refractivity contribution >= 4 is 16.9 Å². The fourth-order valence-electron chi connectivity index (χ4n) is 2.28. The molecule has 5 heteroatoms. The number of fused-ring (bicyclic) bond motifs is 1. The molecule has 3 aromatic rings. The van der Waals surface area contributed by atoms with Gasteiger partial charge in [-0.3, -0.25) is 0 Å². The van der Waals surface area contributed by atoms with Crippen molar-refractivity contribution in [2.45, 2.75) is 0 Å². The van der Waals surface area contributed by atoms with E-state index in [1.165, 1.54) is 0 Å². The summed E-state index contributed by atoms with van der Waals surface area (Å²) in [5, 5.41) is 0. The summed E-state index contributed by atoms with van der Waals surface area (Å²) in [6.45, 7) is 0. The first kappa shape index (κ1) is 13.2. The third kappa shape index (κ3) is 2.23. The zero-order valence-electron chi connectivity index (χ0n) is 11.8. The van der Waals surface area contributed by atoms with E-state index in [0.717, 1.165) is 11.0 Å². The molecule has 0 aliphatic heterocycles. The minimum atomic E-state index is 0.344. The van der Waals surface area contributed by atoms with Crippen molar-refractivity contribution in [3.8, 4) is 22.8 Å². The number of hydrogen-bond acceptors (Lipinski definition) is 5. The highest BCUT2D eigenvalue weighted by Crippen LogP contribution is 2.39. The highest BCUT2D eigenvalue weighted by atomic mass is 16.5. The predicted molar refractivity (Wildman–Crippen MR) is 82.5 cm³/mol. The minimum Gasteiger partial charge on any atom is -0.496 e. The summed E-state index contributed by atoms with van der Waals surface area (Å²) in [7, 11) is 3.20. The molecule has 1 aromatic heterocycles. The van der Waals surface area contributed by atoms with E-state index in [1.54, 1.807) is 14.2 Å². The Hall–Kier alpha value is -2.82. The summed E-state index contributed by atoms with van der Waals surface area (Å²) in [6.07, 6.45) is 0. The van der Waals surface area contributed by atoms with Gasteiger partial charge in [0.15, 0.2) is 5.82 Å². The number of nitrogen functional groups attached to an aromatic ring is 1. The fraction of sp³-hybridized carbons (Fsp3) is 0.125. The molecule has 0 saturated heterocycles. The number of para-hydroxylation sites is 2. The van der Waals surface area contributed by atoms with Crippen molar-refractivity contribution in [3.63, 3.8) is 0 Å². The number of methoxy groups -OCH3 is 2. The van der Waals surface area contributed by atoms with Gasteiger partial charge in [0.05, 0.1) is 30.8 Å². The summed E-state index contributed by atoms with van der Waals surface area (Å²) in [5.74, 6) is 1.63. The second kappa shape index (κ2) is 5.28. The van der Waals surface area contributed by atoms with Crippen LogP contribution >= 0.6 is 0 Å². The van der Waals surface area contributed by atoms with E-state index in [-0.39, 0.29) is 0 Å². The topological polar surface area (TPSA) is 70.3 Å². The van der Waals surface area contributed by atoms with Crippen LogP contribution < -0.4 is 15.2 Å². The number of hydrogen-bond donors (Lipinski definition) is 1. The monoisotopic (exact) mass is 281 g/mol. The van der Waals surface area contributed by atoms with Crippen LogP contribution in [0.15, 0.2) is 42.5 Å². The first-order chi connectivity index (χ1) is 10.2. The summed E-state index contributed by atoms with van der Waals surface area (Å²) < 4.78 is 10.8. The molecule has 0 aliphatic carbocycles. The van der Waals surface area contributed by atoms with Crippen molar-refractivity contribution < 1.29 is 9.47 Å². The lowest BCUT2D eigenvalue weighted by molar-refractivity contribution is 0.397. The van der Waals surface area contributed by atoms with E-state index in [4.69, 9.17) is 15.2 Å². The van der Waals surface area contributed by atoms with Crippen LogP contribution in [0.25, 0.3) is 22.3 Å². The van der Waals surface area contributed by atoms with E-state index in [9.17, 15) is 0 Å². The molecule has 0 amide bonds. The van der Waals surface area contributed by atoms with Gasteiger partial charge in [-0.25, -0.2) is 9.97 Å². The van der Waals surface area contributed by atoms with Gasteiger partial charge in [0, 0.05) is 0 Å². The lowest BCUT2D eigenvalue weighted by Crippen LogP contribution is -2.01. The van der Waals surface area contributed by atoms with Crippen molar-refractivity contribution in [1.82, 2.24) is 9.97 Å². The van der Waals surface area contributed by atoms with Gasteiger partial charge in [0.1, 0.15) is 17.2 Å². The van der Waals surface area contributed by atoms with Gasteiger partial charge in [0.2, 0.25) is 0 Å². The summed E-state index contributed by atoms with van der Waals surface area (Å²) in [6, 6.07) is 13.1. The van der Waals surface area contributed by atoms with Crippen LogP contribution in [0.4, 0.5) is 5.82 Å². The third-order valence-electron chi connectivity index (χ3n) is 3.26. The molecule has 1 heterocycles. The van der Waals surface area contributed by atoms with E-state index >= 15 is 0 Å². The molecule has 0 saturated carbocycles. The Bertz CT molecular complexity index is 780. The molecule has 0 aliphatic rings. The highest BCUT2D eigenvalue weighted by Gasteiger charge is 2.18. The van der Waals surface area contributed by atoms with Gasteiger partial charge in [-0.1, -0.05) is 18.2 Å². The number of aromatic nitrogens is 2. The maximum Gasteiger partial charge on any atom is 0.151 e. The van der Waals surface area contributed by atoms with Crippen molar-refractivity contribution in [3.05, 3.63) is 42.5 Å². The largest absolute Gasteiger partial charge is 0.496 e. The molecule has 3 rings (SSSR count). The second-order valence-electron chi connectivity index (χ2n) is 4.48. The first-order valence-electron chi connectivity index (χ1n) is 6.48. The number of nitrogens with two attached hydrogens (primary N) is 1. The molecular formula is C16H15N3O2. The van der Waals surface area contributed by atoms with Crippen LogP contribution in [0.5, 0.6) is 11.5 Å². The van der Waals surface area contributed by atoms with Gasteiger partial charge in [-0.15, -0.1) is 0 Å². The molecule has 0 atom stereocenters. The second-order valence-corrected chi connectivity index (χ2v) is 4.48. The standard InChI is InChI=1S/C16H15N3O2/c1-20-12-8-5-9-13(21-2)14(12)15-16(17)19-11-7-4-3-6-10(11)18-15/h3-9H,1-2H3,(H2,17,19). The summed E-state index contributed by atoms with van der Waals surface area (Å²) in [5.41, 5.74) is 8.88. The number of benzene rings is 2. The van der Waals surface area contributed by atoms with Crippen LogP contribution in [0.1, 0.15) is 0 Å². The number of nitrogens with zero attached hydrogens (tertiary/aromatic N) is 2. The van der Waals surface area contributed by atoms with E-state index in [0.29, 0.717) is 28.6 Å². The SMILES string of the molecule is COc1cccc(OC)c1-c1nc2ccccc2nc1N. The number of anilines is 1. The molecule has 106 valence electrons. The molecule has 0 spiro atoms. The van der Waals surface area contributed by atoms with Crippen LogP contribution in [0, 0.1) is 0 Å². The summed E-state index contributed by atoms with van der Waals surface area (Å²) in [4.78, 5) is 9.02. The van der Waals surface area contributed by atoms with E-state index in [1.807, 2.05) is 42.5 Å². The molecule has 0 unspecified atom stereocenters. The van der Waals surface area contributed by atoms with Crippen molar-refractivity contribution in [2.75, 3.05) is 20.0 Å². The van der Waals surface area contributed by atoms with E-state index < -0.39 is 0 Å². The highest BCUT2D eigenvalue weighted by molar-refractivity contribution is 5.86. The van der Waals surface area contributed by atoms with E-state index in [2.05, 4.69) is 9.97 Å². The Morgan fingerprint density at radius 1 is 0.810 bits per heavy atom. The van der Waals surface area contributed by atoms with Crippen LogP contribution in [-0.4, -0.2) is 24.2 Å². The first-order valence-corrected chi connectivity index (χ1v) is 6.48. The van der Waals surface area contributed by atoms with Crippen LogP contribution in [0.2, 0.25) is 0 Å². The molecule has 0 radical (unpaired) electrons. The molecular weight excluding hydrogens is 266 g/mol. The fourth-order valence-corrected chi connectivity index (χ4v) is 2.28. The average Bonchev–Trinajstić information content (AvgIpc) is 2.53. The normalized spacial score (nSPS) is 10.6. The Kier molecular flexibility index (Phi) is 3.31. The molecule has 2 N–H and O–H groups in total. The lowest BCUT2D eigenvalue weighted by atomic mass is 10.1. The van der Waals surface area contributed by atoms with Gasteiger partial charge in [0.25, 0.3) is 0 Å². The van der Waals surface area contributed by atoms with Crippen molar-refractivity contribution in [1.29, 1.82) is 0 Å². The molecule has 0 bridgehead atoms. The van der Waals surface area contributed by atoms with Gasteiger partial charge < -0.3 is 15.2 Å². The quantitative estimate of drug-likeness (QED) is 0.799.